The molecular formula is C8H8O4. The van der Waals surface area contributed by atoms with Gasteiger partial charge in [-0.1, -0.05) is 0 Å². The zero-order chi connectivity index (χ0) is 9.14. The highest BCUT2D eigenvalue weighted by Crippen LogP contribution is 2.22. The second kappa shape index (κ2) is 3.13. The van der Waals surface area contributed by atoms with Gasteiger partial charge in [0.2, 0.25) is 0 Å². The molecule has 2 N–H and O–H groups in total. The lowest BCUT2D eigenvalue weighted by Gasteiger charge is -1.97. The van der Waals surface area contributed by atoms with Crippen LogP contribution in [-0.2, 0) is 0 Å². The molecule has 0 fully saturated rings. The molecule has 12 heavy (non-hydrogen) atoms. The van der Waals surface area contributed by atoms with Crippen molar-refractivity contribution in [2.75, 3.05) is 0 Å². The van der Waals surface area contributed by atoms with Crippen LogP contribution in [0.15, 0.2) is 18.2 Å². The van der Waals surface area contributed by atoms with E-state index in [-0.39, 0.29) is 22.8 Å². The van der Waals surface area contributed by atoms with E-state index in [0.717, 1.165) is 0 Å². The first-order valence-electron chi connectivity index (χ1n) is 3.31. The molecule has 1 aromatic carbocycles. The summed E-state index contributed by atoms with van der Waals surface area (Å²) in [5.74, 6) is -0.108. The van der Waals surface area contributed by atoms with Gasteiger partial charge in [0.15, 0.2) is 0 Å². The number of aromatic hydroxyl groups is 2. The van der Waals surface area contributed by atoms with E-state index in [1.54, 1.807) is 0 Å². The van der Waals surface area contributed by atoms with E-state index in [1.165, 1.54) is 25.1 Å². The van der Waals surface area contributed by atoms with Crippen molar-refractivity contribution in [1.29, 1.82) is 0 Å². The van der Waals surface area contributed by atoms with Crippen molar-refractivity contribution >= 4 is 5.78 Å². The molecular weight excluding hydrogens is 160 g/mol. The number of hydrogen-bond acceptors (Lipinski definition) is 3. The summed E-state index contributed by atoms with van der Waals surface area (Å²) in [6, 6.07) is 3.85. The molecule has 0 unspecified atom stereocenters. The number of benzene rings is 1. The normalized spacial score (nSPS) is 11.6. The average Bonchev–Trinajstić information content (AvgIpc) is 2.08. The number of ketones is 1. The van der Waals surface area contributed by atoms with E-state index in [9.17, 15) is 10.4 Å². The molecule has 64 valence electrons. The zero-order valence-corrected chi connectivity index (χ0v) is 6.44. The fourth-order valence-electron chi connectivity index (χ4n) is 0.851. The molecule has 4 nitrogen and oxygen atoms in total. The van der Waals surface area contributed by atoms with E-state index in [1.807, 2.05) is 0 Å². The van der Waals surface area contributed by atoms with Crippen LogP contribution in [0.25, 0.3) is 0 Å². The van der Waals surface area contributed by atoms with Gasteiger partial charge in [0, 0.05) is 6.07 Å². The molecule has 0 saturated carbocycles. The van der Waals surface area contributed by atoms with Crippen molar-refractivity contribution in [3.8, 4) is 11.5 Å². The van der Waals surface area contributed by atoms with Gasteiger partial charge in [-0.05, 0) is 12.1 Å². The van der Waals surface area contributed by atoms with E-state index >= 15 is 0 Å². The number of hydrogen-bond donors (Lipinski definition) is 2. The molecule has 0 aliphatic carbocycles. The summed E-state index contributed by atoms with van der Waals surface area (Å²) in [5, 5.41) is 28.1. The maximum atomic E-state index is 9.96. The fraction of sp³-hybridized carbons (Fsp3) is 0.125. The first-order valence-corrected chi connectivity index (χ1v) is 3.31. The summed E-state index contributed by atoms with van der Waals surface area (Å²) >= 11 is 0. The minimum atomic E-state index is -0.0962. The Bertz CT molecular complexity index is 317. The number of rotatable bonds is 1. The average molecular weight is 168 g/mol. The van der Waals surface area contributed by atoms with Gasteiger partial charge in [0.1, 0.15) is 17.1 Å². The second-order valence-electron chi connectivity index (χ2n) is 2.34. The lowest BCUT2D eigenvalue weighted by Crippen LogP contribution is -2.02. The molecule has 4 heteroatoms. The summed E-state index contributed by atoms with van der Waals surface area (Å²) in [5.41, 5.74) is 0.199. The maximum Gasteiger partial charge on any atom is 0.360 e. The highest BCUT2D eigenvalue weighted by Gasteiger charge is 2.13. The van der Waals surface area contributed by atoms with Gasteiger partial charge >= 0.3 is 5.78 Å². The van der Waals surface area contributed by atoms with Gasteiger partial charge < -0.3 is 15.5 Å². The molecule has 0 aromatic heterocycles. The van der Waals surface area contributed by atoms with E-state index < -0.39 is 0 Å². The summed E-state index contributed by atoms with van der Waals surface area (Å²) < 4.78 is 3.67. The Morgan fingerprint density at radius 1 is 1.42 bits per heavy atom. The smallest absolute Gasteiger partial charge is 0.360 e. The Morgan fingerprint density at radius 3 is 2.67 bits per heavy atom. The predicted molar refractivity (Wildman–Crippen MR) is 39.8 cm³/mol. The molecule has 0 saturated heterocycles. The van der Waals surface area contributed by atoms with Crippen LogP contribution in [0.3, 0.4) is 0 Å². The highest BCUT2D eigenvalue weighted by atomic mass is 17.1. The van der Waals surface area contributed by atoms with Crippen LogP contribution in [0.4, 0.5) is 0 Å². The number of phenols is 2. The standard InChI is InChI=1S/C8H8O4/c1-5(12-11)7-4-6(9)2-3-8(7)10/h2-4,9-10H,1H3. The van der Waals surface area contributed by atoms with Crippen molar-refractivity contribution in [3.63, 3.8) is 0 Å². The van der Waals surface area contributed by atoms with Gasteiger partial charge in [-0.2, -0.15) is 4.58 Å². The topological polar surface area (TPSA) is 74.8 Å². The molecule has 0 aliphatic heterocycles. The molecule has 0 spiro atoms. The quantitative estimate of drug-likeness (QED) is 0.205. The van der Waals surface area contributed by atoms with Crippen molar-refractivity contribution in [3.05, 3.63) is 23.8 Å². The summed E-state index contributed by atoms with van der Waals surface area (Å²) in [4.78, 5) is 0. The third-order valence-corrected chi connectivity index (χ3v) is 1.48. The van der Waals surface area contributed by atoms with Gasteiger partial charge in [0.05, 0.1) is 6.92 Å². The number of carbonyl (C=O) groups excluding carboxylic acids is 1. The minimum Gasteiger partial charge on any atom is -0.508 e. The monoisotopic (exact) mass is 168 g/mol. The van der Waals surface area contributed by atoms with Crippen molar-refractivity contribution in [1.82, 2.24) is 0 Å². The van der Waals surface area contributed by atoms with E-state index in [2.05, 4.69) is 4.58 Å². The highest BCUT2D eigenvalue weighted by molar-refractivity contribution is 5.97. The van der Waals surface area contributed by atoms with Crippen LogP contribution in [0.5, 0.6) is 11.5 Å². The van der Waals surface area contributed by atoms with Crippen molar-refractivity contribution < 1.29 is 20.0 Å². The SMILES string of the molecule is CC(=[O+][O-])c1cc(O)ccc1O. The van der Waals surface area contributed by atoms with Gasteiger partial charge in [0.25, 0.3) is 0 Å². The molecule has 1 aromatic rings. The molecule has 0 atom stereocenters. The fourth-order valence-corrected chi connectivity index (χ4v) is 0.851. The Kier molecular flexibility index (Phi) is 2.19. The lowest BCUT2D eigenvalue weighted by atomic mass is 10.1. The molecule has 0 heterocycles. The van der Waals surface area contributed by atoms with Crippen LogP contribution >= 0.6 is 0 Å². The molecule has 1 rings (SSSR count). The first-order chi connectivity index (χ1) is 5.65. The third kappa shape index (κ3) is 1.47. The van der Waals surface area contributed by atoms with Crippen molar-refractivity contribution in [2.45, 2.75) is 6.92 Å². The van der Waals surface area contributed by atoms with Crippen LogP contribution in [-0.4, -0.2) is 16.0 Å². The summed E-state index contributed by atoms with van der Waals surface area (Å²) in [6.45, 7) is 1.40. The molecule has 0 radical (unpaired) electrons. The van der Waals surface area contributed by atoms with Crippen LogP contribution in [0.2, 0.25) is 0 Å². The molecule has 0 aliphatic rings. The zero-order valence-electron chi connectivity index (χ0n) is 6.44. The van der Waals surface area contributed by atoms with Gasteiger partial charge in [-0.15, -0.1) is 0 Å². The molecule has 0 bridgehead atoms. The van der Waals surface area contributed by atoms with E-state index in [0.29, 0.717) is 0 Å². The van der Waals surface area contributed by atoms with Crippen molar-refractivity contribution in [2.24, 2.45) is 0 Å². The largest absolute Gasteiger partial charge is 0.508 e. The molecule has 0 amide bonds. The van der Waals surface area contributed by atoms with Gasteiger partial charge in [-0.25, -0.2) is 0 Å². The number of phenolic OH excluding ortho intramolecular Hbond substituents is 2. The Morgan fingerprint density at radius 2 is 2.08 bits per heavy atom. The Balaban J connectivity index is 3.23. The third-order valence-electron chi connectivity index (χ3n) is 1.48. The lowest BCUT2D eigenvalue weighted by molar-refractivity contribution is -0.937. The van der Waals surface area contributed by atoms with Crippen LogP contribution in [0, 0.1) is 0 Å². The van der Waals surface area contributed by atoms with Gasteiger partial charge in [-0.3, -0.25) is 0 Å². The second-order valence-corrected chi connectivity index (χ2v) is 2.34. The van der Waals surface area contributed by atoms with E-state index in [4.69, 9.17) is 5.11 Å². The van der Waals surface area contributed by atoms with Crippen LogP contribution < -0.4 is 5.26 Å². The summed E-state index contributed by atoms with van der Waals surface area (Å²) in [6.07, 6.45) is 0. The Labute approximate surface area is 69.0 Å². The van der Waals surface area contributed by atoms with Crippen LogP contribution in [0.1, 0.15) is 17.1 Å². The predicted octanol–water partition coefficient (Wildman–Crippen LogP) is 0.111. The maximum absolute atomic E-state index is 9.96. The summed E-state index contributed by atoms with van der Waals surface area (Å²) in [7, 11) is 0. The minimum absolute atomic E-state index is 0.0170. The Hall–Kier alpha value is -1.71. The first kappa shape index (κ1) is 8.39.